The highest BCUT2D eigenvalue weighted by Crippen LogP contribution is 2.28. The van der Waals surface area contributed by atoms with Crippen LogP contribution >= 0.6 is 11.8 Å². The summed E-state index contributed by atoms with van der Waals surface area (Å²) in [5.74, 6) is 0.243. The average Bonchev–Trinajstić information content (AvgIpc) is 2.74. The molecule has 1 aliphatic rings. The van der Waals surface area contributed by atoms with Crippen molar-refractivity contribution in [2.45, 2.75) is 30.9 Å². The Morgan fingerprint density at radius 2 is 1.75 bits per heavy atom. The number of nitrogens with zero attached hydrogens (tertiary/aromatic N) is 1. The molecular formula is C22H25FN2O2S. The van der Waals surface area contributed by atoms with Gasteiger partial charge in [0.05, 0.1) is 11.0 Å². The van der Waals surface area contributed by atoms with Crippen LogP contribution < -0.4 is 5.32 Å². The van der Waals surface area contributed by atoms with E-state index in [9.17, 15) is 14.0 Å². The molecule has 1 atom stereocenters. The molecular weight excluding hydrogens is 375 g/mol. The van der Waals surface area contributed by atoms with E-state index >= 15 is 0 Å². The summed E-state index contributed by atoms with van der Waals surface area (Å²) in [5.41, 5.74) is 1.89. The third kappa shape index (κ3) is 5.58. The minimum Gasteiger partial charge on any atom is -0.342 e. The van der Waals surface area contributed by atoms with Gasteiger partial charge in [0.2, 0.25) is 11.8 Å². The summed E-state index contributed by atoms with van der Waals surface area (Å²) in [7, 11) is 0. The molecule has 1 fully saturated rings. The molecule has 148 valence electrons. The fraction of sp³-hybridized carbons (Fsp3) is 0.364. The smallest absolute Gasteiger partial charge is 0.235 e. The number of rotatable bonds is 6. The Balaban J connectivity index is 1.42. The fourth-order valence-electron chi connectivity index (χ4n) is 3.42. The molecule has 0 aliphatic carbocycles. The van der Waals surface area contributed by atoms with Crippen LogP contribution in [0.25, 0.3) is 0 Å². The second kappa shape index (κ2) is 9.73. The maximum absolute atomic E-state index is 12.9. The molecule has 28 heavy (non-hydrogen) atoms. The van der Waals surface area contributed by atoms with Gasteiger partial charge in [0.25, 0.3) is 0 Å². The number of halogens is 1. The number of thioether (sulfide) groups is 1. The standard InChI is InChI=1S/C22H25FN2O2S/c1-16(28-15-21(26)24-20-9-7-19(23)8-10-20)22(27)25-13-11-18(12-14-25)17-5-3-2-4-6-17/h2-10,16,18H,11-15H2,1H3,(H,24,26). The van der Waals surface area contributed by atoms with Crippen molar-refractivity contribution in [3.63, 3.8) is 0 Å². The van der Waals surface area contributed by atoms with E-state index in [2.05, 4.69) is 29.6 Å². The molecule has 4 nitrogen and oxygen atoms in total. The maximum Gasteiger partial charge on any atom is 0.235 e. The Morgan fingerprint density at radius 3 is 2.39 bits per heavy atom. The fourth-order valence-corrected chi connectivity index (χ4v) is 4.18. The molecule has 2 amide bonds. The van der Waals surface area contributed by atoms with Gasteiger partial charge in [-0.25, -0.2) is 4.39 Å². The van der Waals surface area contributed by atoms with Crippen LogP contribution in [0.4, 0.5) is 10.1 Å². The number of amides is 2. The molecule has 0 spiro atoms. The number of anilines is 1. The van der Waals surface area contributed by atoms with Gasteiger partial charge < -0.3 is 10.2 Å². The Morgan fingerprint density at radius 1 is 1.11 bits per heavy atom. The van der Waals surface area contributed by atoms with Gasteiger partial charge in [-0.3, -0.25) is 9.59 Å². The van der Waals surface area contributed by atoms with E-state index in [0.29, 0.717) is 11.6 Å². The van der Waals surface area contributed by atoms with Crippen molar-refractivity contribution in [1.82, 2.24) is 4.90 Å². The van der Waals surface area contributed by atoms with Crippen LogP contribution in [-0.2, 0) is 9.59 Å². The lowest BCUT2D eigenvalue weighted by atomic mass is 9.89. The Kier molecular flexibility index (Phi) is 7.09. The summed E-state index contributed by atoms with van der Waals surface area (Å²) in [4.78, 5) is 26.6. The van der Waals surface area contributed by atoms with Crippen LogP contribution in [0.2, 0.25) is 0 Å². The molecule has 1 unspecified atom stereocenters. The van der Waals surface area contributed by atoms with E-state index < -0.39 is 0 Å². The number of hydrogen-bond acceptors (Lipinski definition) is 3. The summed E-state index contributed by atoms with van der Waals surface area (Å²) in [6.07, 6.45) is 1.94. The summed E-state index contributed by atoms with van der Waals surface area (Å²) >= 11 is 1.33. The summed E-state index contributed by atoms with van der Waals surface area (Å²) in [6, 6.07) is 16.1. The molecule has 1 aliphatic heterocycles. The normalized spacial score (nSPS) is 15.9. The maximum atomic E-state index is 12.9. The zero-order chi connectivity index (χ0) is 19.9. The number of likely N-dealkylation sites (tertiary alicyclic amines) is 1. The first kappa shape index (κ1) is 20.4. The van der Waals surface area contributed by atoms with Crippen molar-refractivity contribution in [2.75, 3.05) is 24.2 Å². The van der Waals surface area contributed by atoms with E-state index in [1.807, 2.05) is 17.9 Å². The largest absolute Gasteiger partial charge is 0.342 e. The van der Waals surface area contributed by atoms with Crippen LogP contribution in [0.3, 0.4) is 0 Å². The lowest BCUT2D eigenvalue weighted by Gasteiger charge is -2.33. The van der Waals surface area contributed by atoms with Crippen molar-refractivity contribution < 1.29 is 14.0 Å². The zero-order valence-electron chi connectivity index (χ0n) is 15.9. The van der Waals surface area contributed by atoms with Gasteiger partial charge in [-0.15, -0.1) is 11.8 Å². The lowest BCUT2D eigenvalue weighted by Crippen LogP contribution is -2.42. The second-order valence-electron chi connectivity index (χ2n) is 7.02. The second-order valence-corrected chi connectivity index (χ2v) is 8.35. The monoisotopic (exact) mass is 400 g/mol. The zero-order valence-corrected chi connectivity index (χ0v) is 16.8. The predicted molar refractivity (Wildman–Crippen MR) is 112 cm³/mol. The first-order valence-corrected chi connectivity index (χ1v) is 10.6. The first-order chi connectivity index (χ1) is 13.5. The van der Waals surface area contributed by atoms with Crippen molar-refractivity contribution in [3.05, 3.63) is 66.0 Å². The molecule has 2 aromatic rings. The van der Waals surface area contributed by atoms with Crippen molar-refractivity contribution in [3.8, 4) is 0 Å². The Labute approximate surface area is 169 Å². The van der Waals surface area contributed by atoms with Crippen LogP contribution in [0, 0.1) is 5.82 Å². The van der Waals surface area contributed by atoms with Gasteiger partial charge in [-0.2, -0.15) is 0 Å². The molecule has 2 aromatic carbocycles. The molecule has 3 rings (SSSR count). The van der Waals surface area contributed by atoms with Crippen LogP contribution in [-0.4, -0.2) is 40.8 Å². The third-order valence-corrected chi connectivity index (χ3v) is 6.15. The molecule has 1 N–H and O–H groups in total. The van der Waals surface area contributed by atoms with E-state index in [4.69, 9.17) is 0 Å². The minimum absolute atomic E-state index is 0.0890. The molecule has 0 bridgehead atoms. The van der Waals surface area contributed by atoms with Gasteiger partial charge in [0, 0.05) is 18.8 Å². The van der Waals surface area contributed by atoms with Crippen molar-refractivity contribution >= 4 is 29.3 Å². The third-order valence-electron chi connectivity index (χ3n) is 5.02. The minimum atomic E-state index is -0.345. The predicted octanol–water partition coefficient (Wildman–Crippen LogP) is 4.29. The van der Waals surface area contributed by atoms with Gasteiger partial charge in [0.1, 0.15) is 5.82 Å². The van der Waals surface area contributed by atoms with E-state index in [-0.39, 0.29) is 28.6 Å². The molecule has 1 saturated heterocycles. The molecule has 0 radical (unpaired) electrons. The Hall–Kier alpha value is -2.34. The van der Waals surface area contributed by atoms with Crippen molar-refractivity contribution in [2.24, 2.45) is 0 Å². The number of benzene rings is 2. The molecule has 0 aromatic heterocycles. The quantitative estimate of drug-likeness (QED) is 0.787. The summed E-state index contributed by atoms with van der Waals surface area (Å²) < 4.78 is 12.9. The van der Waals surface area contributed by atoms with Crippen LogP contribution in [0.1, 0.15) is 31.2 Å². The van der Waals surface area contributed by atoms with Crippen molar-refractivity contribution in [1.29, 1.82) is 0 Å². The highest BCUT2D eigenvalue weighted by molar-refractivity contribution is 8.01. The highest BCUT2D eigenvalue weighted by Gasteiger charge is 2.27. The number of piperidine rings is 1. The van der Waals surface area contributed by atoms with Gasteiger partial charge in [-0.1, -0.05) is 30.3 Å². The Bertz CT molecular complexity index is 790. The highest BCUT2D eigenvalue weighted by atomic mass is 32.2. The summed E-state index contributed by atoms with van der Waals surface area (Å²) in [5, 5.41) is 2.44. The first-order valence-electron chi connectivity index (χ1n) is 9.53. The van der Waals surface area contributed by atoms with E-state index in [1.54, 1.807) is 0 Å². The SMILES string of the molecule is CC(SCC(=O)Nc1ccc(F)cc1)C(=O)N1CCC(c2ccccc2)CC1. The molecule has 1 heterocycles. The number of hydrogen-bond donors (Lipinski definition) is 1. The average molecular weight is 401 g/mol. The number of carbonyl (C=O) groups is 2. The summed E-state index contributed by atoms with van der Waals surface area (Å²) in [6.45, 7) is 3.36. The van der Waals surface area contributed by atoms with Crippen LogP contribution in [0.15, 0.2) is 54.6 Å². The topological polar surface area (TPSA) is 49.4 Å². The molecule has 0 saturated carbocycles. The van der Waals surface area contributed by atoms with Gasteiger partial charge in [0.15, 0.2) is 0 Å². The van der Waals surface area contributed by atoms with Crippen LogP contribution in [0.5, 0.6) is 0 Å². The number of carbonyl (C=O) groups excluding carboxylic acids is 2. The van der Waals surface area contributed by atoms with E-state index in [1.165, 1.54) is 41.6 Å². The molecule has 6 heteroatoms. The van der Waals surface area contributed by atoms with Gasteiger partial charge >= 0.3 is 0 Å². The van der Waals surface area contributed by atoms with E-state index in [0.717, 1.165) is 25.9 Å². The lowest BCUT2D eigenvalue weighted by molar-refractivity contribution is -0.131. The number of nitrogens with one attached hydrogen (secondary N) is 1. The van der Waals surface area contributed by atoms with Gasteiger partial charge in [-0.05, 0) is 55.5 Å².